The molecule has 0 saturated carbocycles. The molecule has 3 rings (SSSR count). The van der Waals surface area contributed by atoms with E-state index in [1.807, 2.05) is 0 Å². The number of hydrogen-bond donors (Lipinski definition) is 2. The number of amides is 2. The molecule has 0 atom stereocenters. The molecule has 2 amide bonds. The minimum Gasteiger partial charge on any atom is -0.452 e. The SMILES string of the molecule is O=C(COC(=O)c1ccc2c(c1)NC(=O)CS2)Nc1ccc(Br)cc1F. The second-order valence-electron chi connectivity index (χ2n) is 5.30. The van der Waals surface area contributed by atoms with Gasteiger partial charge >= 0.3 is 5.97 Å². The summed E-state index contributed by atoms with van der Waals surface area (Å²) in [6, 6.07) is 8.92. The molecule has 2 aromatic rings. The number of halogens is 2. The zero-order valence-electron chi connectivity index (χ0n) is 13.2. The molecule has 1 aliphatic heterocycles. The van der Waals surface area contributed by atoms with E-state index in [2.05, 4.69) is 26.6 Å². The number of carbonyl (C=O) groups is 3. The van der Waals surface area contributed by atoms with E-state index < -0.39 is 24.3 Å². The molecule has 1 heterocycles. The quantitative estimate of drug-likeness (QED) is 0.714. The van der Waals surface area contributed by atoms with Crippen LogP contribution in [0.2, 0.25) is 0 Å². The number of rotatable bonds is 4. The van der Waals surface area contributed by atoms with Gasteiger partial charge in [-0.1, -0.05) is 15.9 Å². The highest BCUT2D eigenvalue weighted by Gasteiger charge is 2.18. The van der Waals surface area contributed by atoms with E-state index in [1.165, 1.54) is 30.0 Å². The third-order valence-electron chi connectivity index (χ3n) is 3.39. The van der Waals surface area contributed by atoms with Gasteiger partial charge in [0.05, 0.1) is 22.7 Å². The molecule has 0 fully saturated rings. The highest BCUT2D eigenvalue weighted by Crippen LogP contribution is 2.32. The summed E-state index contributed by atoms with van der Waals surface area (Å²) in [5, 5.41) is 5.00. The first-order valence-electron chi connectivity index (χ1n) is 7.41. The van der Waals surface area contributed by atoms with E-state index in [-0.39, 0.29) is 17.2 Å². The lowest BCUT2D eigenvalue weighted by Gasteiger charge is -2.16. The summed E-state index contributed by atoms with van der Waals surface area (Å²) >= 11 is 4.49. The second-order valence-corrected chi connectivity index (χ2v) is 7.23. The third kappa shape index (κ3) is 4.41. The molecular weight excluding hydrogens is 427 g/mol. The highest BCUT2D eigenvalue weighted by molar-refractivity contribution is 9.10. The van der Waals surface area contributed by atoms with Crippen LogP contribution in [-0.2, 0) is 14.3 Å². The average molecular weight is 439 g/mol. The fourth-order valence-electron chi connectivity index (χ4n) is 2.20. The van der Waals surface area contributed by atoms with Crippen molar-refractivity contribution in [1.29, 1.82) is 0 Å². The molecule has 1 aliphatic rings. The predicted octanol–water partition coefficient (Wildman–Crippen LogP) is 3.43. The number of ether oxygens (including phenoxy) is 1. The Morgan fingerprint density at radius 2 is 2.08 bits per heavy atom. The summed E-state index contributed by atoms with van der Waals surface area (Å²) in [6.45, 7) is -0.563. The van der Waals surface area contributed by atoms with Crippen LogP contribution in [0, 0.1) is 5.82 Å². The monoisotopic (exact) mass is 438 g/mol. The lowest BCUT2D eigenvalue weighted by Crippen LogP contribution is -2.22. The van der Waals surface area contributed by atoms with Crippen LogP contribution in [0.15, 0.2) is 45.8 Å². The van der Waals surface area contributed by atoms with Crippen LogP contribution >= 0.6 is 27.7 Å². The van der Waals surface area contributed by atoms with Crippen molar-refractivity contribution >= 4 is 56.9 Å². The highest BCUT2D eigenvalue weighted by atomic mass is 79.9. The van der Waals surface area contributed by atoms with Crippen molar-refractivity contribution in [3.8, 4) is 0 Å². The first kappa shape index (κ1) is 18.4. The van der Waals surface area contributed by atoms with Gasteiger partial charge < -0.3 is 15.4 Å². The number of hydrogen-bond acceptors (Lipinski definition) is 5. The Kier molecular flexibility index (Phi) is 5.58. The Hall–Kier alpha value is -2.39. The van der Waals surface area contributed by atoms with Gasteiger partial charge in [-0.25, -0.2) is 9.18 Å². The van der Waals surface area contributed by atoms with Crippen molar-refractivity contribution in [2.24, 2.45) is 0 Å². The maximum Gasteiger partial charge on any atom is 0.338 e. The van der Waals surface area contributed by atoms with Crippen molar-refractivity contribution in [2.75, 3.05) is 23.0 Å². The largest absolute Gasteiger partial charge is 0.452 e. The molecule has 2 N–H and O–H groups in total. The Morgan fingerprint density at radius 3 is 2.85 bits per heavy atom. The molecule has 0 aromatic heterocycles. The number of anilines is 2. The van der Waals surface area contributed by atoms with Crippen molar-refractivity contribution in [1.82, 2.24) is 0 Å². The Bertz CT molecular complexity index is 906. The van der Waals surface area contributed by atoms with Crippen LogP contribution in [-0.4, -0.2) is 30.1 Å². The first-order chi connectivity index (χ1) is 12.4. The van der Waals surface area contributed by atoms with Gasteiger partial charge in [-0.3, -0.25) is 9.59 Å². The fourth-order valence-corrected chi connectivity index (χ4v) is 3.32. The molecule has 26 heavy (non-hydrogen) atoms. The number of thioether (sulfide) groups is 1. The Labute approximate surface area is 160 Å². The Morgan fingerprint density at radius 1 is 1.27 bits per heavy atom. The van der Waals surface area contributed by atoms with Gasteiger partial charge in [-0.15, -0.1) is 11.8 Å². The summed E-state index contributed by atoms with van der Waals surface area (Å²) < 4.78 is 19.2. The van der Waals surface area contributed by atoms with Gasteiger partial charge in [-0.2, -0.15) is 0 Å². The number of carbonyl (C=O) groups excluding carboxylic acids is 3. The zero-order valence-corrected chi connectivity index (χ0v) is 15.6. The van der Waals surface area contributed by atoms with Crippen LogP contribution in [0.1, 0.15) is 10.4 Å². The molecule has 9 heteroatoms. The minimum atomic E-state index is -0.718. The van der Waals surface area contributed by atoms with Crippen LogP contribution < -0.4 is 10.6 Å². The predicted molar refractivity (Wildman–Crippen MR) is 98.8 cm³/mol. The summed E-state index contributed by atoms with van der Waals surface area (Å²) in [7, 11) is 0. The van der Waals surface area contributed by atoms with Crippen LogP contribution in [0.3, 0.4) is 0 Å². The lowest BCUT2D eigenvalue weighted by atomic mass is 10.2. The molecule has 0 radical (unpaired) electrons. The topological polar surface area (TPSA) is 84.5 Å². The van der Waals surface area contributed by atoms with Crippen molar-refractivity contribution in [2.45, 2.75) is 4.90 Å². The number of nitrogens with one attached hydrogen (secondary N) is 2. The maximum atomic E-state index is 13.7. The third-order valence-corrected chi connectivity index (χ3v) is 4.95. The Balaban J connectivity index is 1.59. The van der Waals surface area contributed by atoms with Gasteiger partial charge in [0.25, 0.3) is 5.91 Å². The smallest absolute Gasteiger partial charge is 0.338 e. The van der Waals surface area contributed by atoms with E-state index >= 15 is 0 Å². The normalized spacial score (nSPS) is 12.8. The van der Waals surface area contributed by atoms with Crippen molar-refractivity contribution < 1.29 is 23.5 Å². The molecule has 0 unspecified atom stereocenters. The molecule has 0 spiro atoms. The van der Waals surface area contributed by atoms with E-state index in [4.69, 9.17) is 4.74 Å². The molecule has 2 aromatic carbocycles. The molecule has 134 valence electrons. The molecule has 6 nitrogen and oxygen atoms in total. The van der Waals surface area contributed by atoms with Crippen LogP contribution in [0.4, 0.5) is 15.8 Å². The lowest BCUT2D eigenvalue weighted by molar-refractivity contribution is -0.119. The number of fused-ring (bicyclic) bond motifs is 1. The van der Waals surface area contributed by atoms with Crippen molar-refractivity contribution in [3.05, 3.63) is 52.3 Å². The fraction of sp³-hybridized carbons (Fsp3) is 0.118. The molecule has 0 saturated heterocycles. The van der Waals surface area contributed by atoms with Gasteiger partial charge in [-0.05, 0) is 36.4 Å². The zero-order chi connectivity index (χ0) is 18.7. The summed E-state index contributed by atoms with van der Waals surface area (Å²) in [6.07, 6.45) is 0. The molecule has 0 bridgehead atoms. The van der Waals surface area contributed by atoms with E-state index in [0.717, 1.165) is 4.90 Å². The van der Waals surface area contributed by atoms with E-state index in [0.29, 0.717) is 15.9 Å². The minimum absolute atomic E-state index is 0.0113. The second kappa shape index (κ2) is 7.88. The number of benzene rings is 2. The first-order valence-corrected chi connectivity index (χ1v) is 9.19. The van der Waals surface area contributed by atoms with Gasteiger partial charge in [0.2, 0.25) is 5.91 Å². The van der Waals surface area contributed by atoms with E-state index in [9.17, 15) is 18.8 Å². The van der Waals surface area contributed by atoms with Crippen molar-refractivity contribution in [3.63, 3.8) is 0 Å². The molecular formula is C17H12BrFN2O4S. The van der Waals surface area contributed by atoms with Crippen LogP contribution in [0.25, 0.3) is 0 Å². The average Bonchev–Trinajstić information content (AvgIpc) is 2.61. The van der Waals surface area contributed by atoms with Crippen LogP contribution in [0.5, 0.6) is 0 Å². The summed E-state index contributed by atoms with van der Waals surface area (Å²) in [5.74, 6) is -1.82. The van der Waals surface area contributed by atoms with Gasteiger partial charge in [0.15, 0.2) is 6.61 Å². The van der Waals surface area contributed by atoms with E-state index in [1.54, 1.807) is 18.2 Å². The standard InChI is InChI=1S/C17H12BrFN2O4S/c18-10-2-3-12(11(19)6-10)20-15(22)7-25-17(24)9-1-4-14-13(5-9)21-16(23)8-26-14/h1-6H,7-8H2,(H,20,22)(H,21,23). The summed E-state index contributed by atoms with van der Waals surface area (Å²) in [4.78, 5) is 36.2. The maximum absolute atomic E-state index is 13.7. The summed E-state index contributed by atoms with van der Waals surface area (Å²) in [5.41, 5.74) is 0.721. The van der Waals surface area contributed by atoms with Gasteiger partial charge in [0, 0.05) is 9.37 Å². The van der Waals surface area contributed by atoms with Gasteiger partial charge in [0.1, 0.15) is 5.82 Å². The number of esters is 1. The molecule has 0 aliphatic carbocycles.